The zero-order valence-electron chi connectivity index (χ0n) is 15.9. The zero-order valence-corrected chi connectivity index (χ0v) is 15.9. The third-order valence-corrected chi connectivity index (χ3v) is 4.35. The minimum atomic E-state index is -0.144. The maximum absolute atomic E-state index is 12.4. The maximum atomic E-state index is 12.4. The van der Waals surface area contributed by atoms with Crippen molar-refractivity contribution in [3.63, 3.8) is 0 Å². The van der Waals surface area contributed by atoms with Crippen LogP contribution in [0.25, 0.3) is 6.08 Å². The van der Waals surface area contributed by atoms with Crippen LogP contribution >= 0.6 is 0 Å². The van der Waals surface area contributed by atoms with Gasteiger partial charge in [-0.1, -0.05) is 0 Å². The van der Waals surface area contributed by atoms with Gasteiger partial charge in [0.25, 0.3) is 0 Å². The van der Waals surface area contributed by atoms with Gasteiger partial charge in [0.15, 0.2) is 17.3 Å². The van der Waals surface area contributed by atoms with E-state index in [4.69, 9.17) is 23.4 Å². The third kappa shape index (κ3) is 4.60. The number of methoxy groups -OCH3 is 1. The molecule has 1 aromatic heterocycles. The molecule has 0 unspecified atom stereocenters. The number of carbonyl (C=O) groups is 1. The first-order valence-corrected chi connectivity index (χ1v) is 9.19. The molecular formula is C23H20O6. The molecule has 0 N–H and O–H groups in total. The van der Waals surface area contributed by atoms with Gasteiger partial charge in [0.1, 0.15) is 42.8 Å². The van der Waals surface area contributed by atoms with Gasteiger partial charge in [-0.05, 0) is 66.7 Å². The van der Waals surface area contributed by atoms with Gasteiger partial charge in [0.2, 0.25) is 0 Å². The van der Waals surface area contributed by atoms with Crippen molar-refractivity contribution < 1.29 is 28.2 Å². The predicted octanol–water partition coefficient (Wildman–Crippen LogP) is 4.53. The molecule has 148 valence electrons. The van der Waals surface area contributed by atoms with Crippen molar-refractivity contribution in [1.82, 2.24) is 0 Å². The normalized spacial score (nSPS) is 12.7. The Balaban J connectivity index is 1.35. The molecule has 0 fully saturated rings. The molecule has 1 aliphatic heterocycles. The Kier molecular flexibility index (Phi) is 5.52. The highest BCUT2D eigenvalue weighted by molar-refractivity contribution is 6.07. The summed E-state index contributed by atoms with van der Waals surface area (Å²) in [5, 5.41) is 0. The number of allylic oxidation sites excluding steroid dienone is 1. The Bertz CT molecular complexity index is 1020. The van der Waals surface area contributed by atoms with E-state index in [1.807, 2.05) is 30.3 Å². The Morgan fingerprint density at radius 3 is 2.52 bits per heavy atom. The highest BCUT2D eigenvalue weighted by Gasteiger charge is 2.13. The summed E-state index contributed by atoms with van der Waals surface area (Å²) in [6.07, 6.45) is 3.11. The number of fused-ring (bicyclic) bond motifs is 1. The summed E-state index contributed by atoms with van der Waals surface area (Å²) in [6.45, 7) is 1.29. The lowest BCUT2D eigenvalue weighted by Gasteiger charge is -2.18. The minimum Gasteiger partial charge on any atom is -0.497 e. The van der Waals surface area contributed by atoms with Crippen molar-refractivity contribution >= 4 is 11.9 Å². The van der Waals surface area contributed by atoms with E-state index >= 15 is 0 Å². The highest BCUT2D eigenvalue weighted by atomic mass is 16.6. The summed E-state index contributed by atoms with van der Waals surface area (Å²) < 4.78 is 27.5. The highest BCUT2D eigenvalue weighted by Crippen LogP contribution is 2.31. The fourth-order valence-electron chi connectivity index (χ4n) is 2.84. The van der Waals surface area contributed by atoms with E-state index in [0.717, 1.165) is 5.75 Å². The first-order chi connectivity index (χ1) is 14.2. The van der Waals surface area contributed by atoms with Crippen LogP contribution in [0.15, 0.2) is 65.1 Å². The average Bonchev–Trinajstić information content (AvgIpc) is 3.24. The monoisotopic (exact) mass is 392 g/mol. The van der Waals surface area contributed by atoms with Gasteiger partial charge in [-0.15, -0.1) is 0 Å². The first kappa shape index (κ1) is 18.7. The van der Waals surface area contributed by atoms with E-state index < -0.39 is 0 Å². The Morgan fingerprint density at radius 1 is 0.966 bits per heavy atom. The molecule has 0 atom stereocenters. The van der Waals surface area contributed by atoms with Gasteiger partial charge < -0.3 is 23.4 Å². The lowest BCUT2D eigenvalue weighted by Crippen LogP contribution is -2.15. The molecule has 3 aromatic rings. The SMILES string of the molecule is COc1ccc(OCc2ccc(/C=C/C(=O)c3ccc4c(c3)OCCO4)o2)cc1. The predicted molar refractivity (Wildman–Crippen MR) is 107 cm³/mol. The number of ketones is 1. The van der Waals surface area contributed by atoms with Gasteiger partial charge in [0.05, 0.1) is 7.11 Å². The van der Waals surface area contributed by atoms with Crippen LogP contribution in [0.5, 0.6) is 23.0 Å². The largest absolute Gasteiger partial charge is 0.497 e. The number of rotatable bonds is 7. The summed E-state index contributed by atoms with van der Waals surface area (Å²) in [4.78, 5) is 12.4. The number of furan rings is 1. The molecular weight excluding hydrogens is 372 g/mol. The third-order valence-electron chi connectivity index (χ3n) is 4.35. The summed E-state index contributed by atoms with van der Waals surface area (Å²) in [5.41, 5.74) is 0.528. The van der Waals surface area contributed by atoms with E-state index in [1.54, 1.807) is 37.5 Å². The second kappa shape index (κ2) is 8.56. The van der Waals surface area contributed by atoms with E-state index in [0.29, 0.717) is 47.5 Å². The van der Waals surface area contributed by atoms with E-state index in [1.165, 1.54) is 6.08 Å². The molecule has 2 heterocycles. The van der Waals surface area contributed by atoms with Crippen LogP contribution < -0.4 is 18.9 Å². The lowest BCUT2D eigenvalue weighted by atomic mass is 10.1. The number of hydrogen-bond acceptors (Lipinski definition) is 6. The molecule has 1 aliphatic rings. The summed E-state index contributed by atoms with van der Waals surface area (Å²) >= 11 is 0. The van der Waals surface area contributed by atoms with E-state index in [9.17, 15) is 4.79 Å². The molecule has 0 saturated heterocycles. The van der Waals surface area contributed by atoms with Crippen molar-refractivity contribution in [2.75, 3.05) is 20.3 Å². The second-order valence-electron chi connectivity index (χ2n) is 6.32. The molecule has 0 amide bonds. The Hall–Kier alpha value is -3.67. The summed E-state index contributed by atoms with van der Waals surface area (Å²) in [6, 6.07) is 16.1. The van der Waals surface area contributed by atoms with Crippen molar-refractivity contribution in [3.8, 4) is 23.0 Å². The maximum Gasteiger partial charge on any atom is 0.186 e. The van der Waals surface area contributed by atoms with Crippen LogP contribution in [0, 0.1) is 0 Å². The molecule has 0 aliphatic carbocycles. The summed E-state index contributed by atoms with van der Waals surface area (Å²) in [7, 11) is 1.62. The van der Waals surface area contributed by atoms with E-state index in [-0.39, 0.29) is 12.4 Å². The molecule has 0 bridgehead atoms. The molecule has 6 nitrogen and oxygen atoms in total. The number of benzene rings is 2. The Labute approximate surface area is 168 Å². The number of hydrogen-bond donors (Lipinski definition) is 0. The summed E-state index contributed by atoms with van der Waals surface area (Å²) in [5.74, 6) is 3.82. The van der Waals surface area contributed by atoms with Crippen LogP contribution in [0.2, 0.25) is 0 Å². The quantitative estimate of drug-likeness (QED) is 0.435. The Morgan fingerprint density at radius 2 is 1.72 bits per heavy atom. The standard InChI is InChI=1S/C23H20O6/c1-25-17-3-5-18(6-4-17)28-15-20-8-7-19(29-20)9-10-21(24)16-2-11-22-23(14-16)27-13-12-26-22/h2-11,14H,12-13,15H2,1H3/b10-9+. The fraction of sp³-hybridized carbons (Fsp3) is 0.174. The van der Waals surface area contributed by atoms with Crippen molar-refractivity contribution in [2.24, 2.45) is 0 Å². The number of ether oxygens (including phenoxy) is 4. The second-order valence-corrected chi connectivity index (χ2v) is 6.32. The number of carbonyl (C=O) groups excluding carboxylic acids is 1. The molecule has 0 spiro atoms. The van der Waals surface area contributed by atoms with Crippen molar-refractivity contribution in [2.45, 2.75) is 6.61 Å². The van der Waals surface area contributed by atoms with E-state index in [2.05, 4.69) is 0 Å². The van der Waals surface area contributed by atoms with Gasteiger partial charge >= 0.3 is 0 Å². The van der Waals surface area contributed by atoms with Crippen molar-refractivity contribution in [1.29, 1.82) is 0 Å². The van der Waals surface area contributed by atoms with Gasteiger partial charge in [-0.2, -0.15) is 0 Å². The first-order valence-electron chi connectivity index (χ1n) is 9.19. The van der Waals surface area contributed by atoms with Crippen LogP contribution in [-0.4, -0.2) is 26.1 Å². The zero-order chi connectivity index (χ0) is 20.1. The van der Waals surface area contributed by atoms with Gasteiger partial charge in [0, 0.05) is 5.56 Å². The van der Waals surface area contributed by atoms with Crippen LogP contribution in [0.1, 0.15) is 21.9 Å². The average molecular weight is 392 g/mol. The minimum absolute atomic E-state index is 0.144. The van der Waals surface area contributed by atoms with Crippen LogP contribution in [0.4, 0.5) is 0 Å². The molecule has 0 saturated carbocycles. The van der Waals surface area contributed by atoms with Crippen molar-refractivity contribution in [3.05, 3.63) is 77.8 Å². The molecule has 2 aromatic carbocycles. The fourth-order valence-corrected chi connectivity index (χ4v) is 2.84. The van der Waals surface area contributed by atoms with Crippen LogP contribution in [0.3, 0.4) is 0 Å². The smallest absolute Gasteiger partial charge is 0.186 e. The molecule has 0 radical (unpaired) electrons. The van der Waals surface area contributed by atoms with Crippen LogP contribution in [-0.2, 0) is 6.61 Å². The molecule has 29 heavy (non-hydrogen) atoms. The topological polar surface area (TPSA) is 67.1 Å². The van der Waals surface area contributed by atoms with Gasteiger partial charge in [-0.3, -0.25) is 4.79 Å². The lowest BCUT2D eigenvalue weighted by molar-refractivity contribution is 0.104. The van der Waals surface area contributed by atoms with Gasteiger partial charge in [-0.25, -0.2) is 0 Å². The molecule has 4 rings (SSSR count). The molecule has 6 heteroatoms.